The number of guanidine groups is 1. The molecular weight excluding hydrogens is 318 g/mol. The number of rotatable bonds is 7. The van der Waals surface area contributed by atoms with Crippen molar-refractivity contribution in [1.82, 2.24) is 10.6 Å². The van der Waals surface area contributed by atoms with Crippen LogP contribution in [0.15, 0.2) is 35.3 Å². The molecule has 3 unspecified atom stereocenters. The lowest BCUT2D eigenvalue weighted by molar-refractivity contribution is 0.298. The van der Waals surface area contributed by atoms with Crippen LogP contribution in [0.1, 0.15) is 44.6 Å². The first-order chi connectivity index (χ1) is 11.7. The molecule has 5 heteroatoms. The fourth-order valence-electron chi connectivity index (χ4n) is 3.30. The maximum Gasteiger partial charge on any atom is 0.191 e. The largest absolute Gasteiger partial charge is 0.355 e. The van der Waals surface area contributed by atoms with Crippen LogP contribution in [-0.4, -0.2) is 35.6 Å². The minimum Gasteiger partial charge on any atom is -0.355 e. The molecule has 134 valence electrons. The third-order valence-electron chi connectivity index (χ3n) is 4.72. The Bertz CT molecular complexity index is 533. The minimum atomic E-state index is -0.849. The van der Waals surface area contributed by atoms with E-state index in [0.717, 1.165) is 17.4 Å². The summed E-state index contributed by atoms with van der Waals surface area (Å²) in [7, 11) is 0.953. The van der Waals surface area contributed by atoms with Gasteiger partial charge in [0.1, 0.15) is 0 Å². The summed E-state index contributed by atoms with van der Waals surface area (Å²) in [6.07, 6.45) is 6.38. The van der Waals surface area contributed by atoms with E-state index in [2.05, 4.69) is 22.5 Å². The summed E-state index contributed by atoms with van der Waals surface area (Å²) in [5.74, 6) is 2.94. The van der Waals surface area contributed by atoms with Crippen LogP contribution in [0.5, 0.6) is 0 Å². The van der Waals surface area contributed by atoms with E-state index in [0.29, 0.717) is 24.1 Å². The van der Waals surface area contributed by atoms with Crippen LogP contribution in [-0.2, 0) is 16.6 Å². The summed E-state index contributed by atoms with van der Waals surface area (Å²) in [6.45, 7) is 2.96. The Morgan fingerprint density at radius 1 is 1.29 bits per heavy atom. The topological polar surface area (TPSA) is 53.5 Å². The van der Waals surface area contributed by atoms with Gasteiger partial charge in [0.25, 0.3) is 0 Å². The van der Waals surface area contributed by atoms with E-state index in [1.165, 1.54) is 32.1 Å². The number of nitrogens with zero attached hydrogens (tertiary/aromatic N) is 1. The fourth-order valence-corrected chi connectivity index (χ4v) is 4.33. The predicted molar refractivity (Wildman–Crippen MR) is 104 cm³/mol. The third kappa shape index (κ3) is 6.63. The van der Waals surface area contributed by atoms with Gasteiger partial charge >= 0.3 is 0 Å². The molecule has 0 heterocycles. The summed E-state index contributed by atoms with van der Waals surface area (Å²) in [6, 6.07) is 10.5. The molecule has 0 saturated heterocycles. The van der Waals surface area contributed by atoms with Crippen molar-refractivity contribution in [3.8, 4) is 0 Å². The van der Waals surface area contributed by atoms with E-state index in [9.17, 15) is 4.21 Å². The van der Waals surface area contributed by atoms with Gasteiger partial charge in [-0.1, -0.05) is 56.5 Å². The molecule has 0 amide bonds. The number of benzene rings is 1. The van der Waals surface area contributed by atoms with Gasteiger partial charge in [-0.15, -0.1) is 0 Å². The molecule has 1 saturated carbocycles. The van der Waals surface area contributed by atoms with E-state index in [1.54, 1.807) is 7.05 Å². The van der Waals surface area contributed by atoms with Crippen molar-refractivity contribution in [1.29, 1.82) is 0 Å². The van der Waals surface area contributed by atoms with Gasteiger partial charge in [-0.25, -0.2) is 0 Å². The monoisotopic (exact) mass is 349 g/mol. The Morgan fingerprint density at radius 2 is 2.08 bits per heavy atom. The molecule has 0 spiro atoms. The highest BCUT2D eigenvalue weighted by atomic mass is 32.2. The van der Waals surface area contributed by atoms with Gasteiger partial charge in [0.05, 0.1) is 0 Å². The molecule has 1 aliphatic rings. The number of nitrogens with one attached hydrogen (secondary N) is 2. The number of hydrogen-bond acceptors (Lipinski definition) is 2. The zero-order chi connectivity index (χ0) is 17.2. The van der Waals surface area contributed by atoms with Crippen LogP contribution < -0.4 is 10.6 Å². The standard InChI is InChI=1S/C19H31N3OS/c1-3-16-10-7-11-18(14-16)22-19(20-2)21-12-13-24(23)15-17-8-5-4-6-9-17/h4-6,8-9,16,18H,3,7,10-15H2,1-2H3,(H2,20,21,22). The van der Waals surface area contributed by atoms with Crippen LogP contribution in [0.25, 0.3) is 0 Å². The molecule has 3 atom stereocenters. The smallest absolute Gasteiger partial charge is 0.191 e. The van der Waals surface area contributed by atoms with Crippen molar-refractivity contribution in [3.05, 3.63) is 35.9 Å². The second-order valence-electron chi connectivity index (χ2n) is 6.56. The molecule has 0 aromatic heterocycles. The van der Waals surface area contributed by atoms with E-state index in [1.807, 2.05) is 30.3 Å². The van der Waals surface area contributed by atoms with Gasteiger partial charge in [0.15, 0.2) is 5.96 Å². The van der Waals surface area contributed by atoms with Gasteiger partial charge in [-0.05, 0) is 24.3 Å². The highest BCUT2D eigenvalue weighted by molar-refractivity contribution is 7.84. The highest BCUT2D eigenvalue weighted by Crippen LogP contribution is 2.26. The second-order valence-corrected chi connectivity index (χ2v) is 8.13. The highest BCUT2D eigenvalue weighted by Gasteiger charge is 2.21. The van der Waals surface area contributed by atoms with Crippen molar-refractivity contribution in [3.63, 3.8) is 0 Å². The Hall–Kier alpha value is -1.36. The lowest BCUT2D eigenvalue weighted by Crippen LogP contribution is -2.46. The fraction of sp³-hybridized carbons (Fsp3) is 0.632. The van der Waals surface area contributed by atoms with Crippen LogP contribution in [0.4, 0.5) is 0 Å². The minimum absolute atomic E-state index is 0.518. The summed E-state index contributed by atoms with van der Waals surface area (Å²) in [4.78, 5) is 4.31. The molecule has 0 aliphatic heterocycles. The van der Waals surface area contributed by atoms with Gasteiger partial charge < -0.3 is 10.6 Å². The van der Waals surface area contributed by atoms with Crippen molar-refractivity contribution in [2.75, 3.05) is 19.3 Å². The molecule has 4 nitrogen and oxygen atoms in total. The van der Waals surface area contributed by atoms with Gasteiger partial charge in [-0.3, -0.25) is 9.20 Å². The maximum atomic E-state index is 12.2. The van der Waals surface area contributed by atoms with Crippen molar-refractivity contribution in [2.45, 2.75) is 50.8 Å². The van der Waals surface area contributed by atoms with Crippen LogP contribution in [0.2, 0.25) is 0 Å². The molecule has 1 aromatic carbocycles. The second kappa shape index (κ2) is 10.5. The van der Waals surface area contributed by atoms with Crippen molar-refractivity contribution >= 4 is 16.8 Å². The molecule has 2 N–H and O–H groups in total. The summed E-state index contributed by atoms with van der Waals surface area (Å²) in [5.41, 5.74) is 1.13. The molecule has 2 rings (SSSR count). The van der Waals surface area contributed by atoms with E-state index < -0.39 is 10.8 Å². The Kier molecular flexibility index (Phi) is 8.29. The zero-order valence-corrected chi connectivity index (χ0v) is 15.8. The van der Waals surface area contributed by atoms with E-state index >= 15 is 0 Å². The van der Waals surface area contributed by atoms with Crippen LogP contribution in [0, 0.1) is 5.92 Å². The van der Waals surface area contributed by atoms with E-state index in [4.69, 9.17) is 0 Å². The predicted octanol–water partition coefficient (Wildman–Crippen LogP) is 3.07. The summed E-state index contributed by atoms with van der Waals surface area (Å²) < 4.78 is 12.2. The average Bonchev–Trinajstić information content (AvgIpc) is 2.62. The molecule has 0 bridgehead atoms. The Morgan fingerprint density at radius 3 is 2.79 bits per heavy atom. The van der Waals surface area contributed by atoms with Gasteiger partial charge in [0, 0.05) is 41.9 Å². The van der Waals surface area contributed by atoms with Crippen LogP contribution >= 0.6 is 0 Å². The van der Waals surface area contributed by atoms with Crippen molar-refractivity contribution in [2.24, 2.45) is 10.9 Å². The summed E-state index contributed by atoms with van der Waals surface area (Å²) in [5, 5.41) is 6.85. The Balaban J connectivity index is 1.69. The third-order valence-corrected chi connectivity index (χ3v) is 6.03. The molecule has 1 fully saturated rings. The first-order valence-electron chi connectivity index (χ1n) is 9.07. The lowest BCUT2D eigenvalue weighted by Gasteiger charge is -2.30. The van der Waals surface area contributed by atoms with Gasteiger partial charge in [-0.2, -0.15) is 0 Å². The number of aliphatic imine (C=N–C) groups is 1. The quantitative estimate of drug-likeness (QED) is 0.587. The first kappa shape index (κ1) is 19.0. The molecular formula is C19H31N3OS. The number of hydrogen-bond donors (Lipinski definition) is 2. The lowest BCUT2D eigenvalue weighted by atomic mass is 9.84. The zero-order valence-electron chi connectivity index (χ0n) is 15.0. The van der Waals surface area contributed by atoms with E-state index in [-0.39, 0.29) is 0 Å². The van der Waals surface area contributed by atoms with Gasteiger partial charge in [0.2, 0.25) is 0 Å². The molecule has 1 aliphatic carbocycles. The molecule has 24 heavy (non-hydrogen) atoms. The molecule has 1 aromatic rings. The summed E-state index contributed by atoms with van der Waals surface area (Å²) >= 11 is 0. The maximum absolute atomic E-state index is 12.2. The first-order valence-corrected chi connectivity index (χ1v) is 10.6. The average molecular weight is 350 g/mol. The Labute approximate surface area is 149 Å². The van der Waals surface area contributed by atoms with Crippen LogP contribution in [0.3, 0.4) is 0 Å². The molecule has 0 radical (unpaired) electrons. The normalized spacial score (nSPS) is 22.8. The van der Waals surface area contributed by atoms with Crippen molar-refractivity contribution < 1.29 is 4.21 Å². The SMILES string of the molecule is CCC1CCCC(NC(=NC)NCCS(=O)Cc2ccccc2)C1.